The minimum atomic E-state index is -0.349. The molecular weight excluding hydrogens is 290 g/mol. The van der Waals surface area contributed by atoms with Gasteiger partial charge in [0.05, 0.1) is 18.7 Å². The van der Waals surface area contributed by atoms with Crippen LogP contribution in [0.5, 0.6) is 0 Å². The second-order valence-electron chi connectivity index (χ2n) is 5.15. The van der Waals surface area contributed by atoms with Crippen LogP contribution < -0.4 is 5.76 Å². The number of benzene rings is 1. The van der Waals surface area contributed by atoms with Crippen molar-refractivity contribution < 1.29 is 4.42 Å². The van der Waals surface area contributed by atoms with Crippen LogP contribution in [0.1, 0.15) is 0 Å². The number of halogens is 1. The lowest BCUT2D eigenvalue weighted by Gasteiger charge is -2.33. The molecule has 0 atom stereocenters. The highest BCUT2D eigenvalue weighted by Crippen LogP contribution is 2.19. The Bertz CT molecular complexity index is 735. The summed E-state index contributed by atoms with van der Waals surface area (Å²) in [6.07, 6.45) is 5.32. The van der Waals surface area contributed by atoms with Crippen LogP contribution in [0.2, 0.25) is 5.02 Å². The van der Waals surface area contributed by atoms with Crippen molar-refractivity contribution in [2.45, 2.75) is 6.67 Å². The zero-order valence-electron chi connectivity index (χ0n) is 11.6. The molecule has 1 aromatic heterocycles. The van der Waals surface area contributed by atoms with Gasteiger partial charge in [-0.05, 0) is 18.2 Å². The third-order valence-electron chi connectivity index (χ3n) is 3.75. The molecule has 1 aromatic carbocycles. The van der Waals surface area contributed by atoms with Crippen molar-refractivity contribution in [1.29, 1.82) is 0 Å². The standard InChI is InChI=1S/C15H16ClN3O2/c1-2-5-17-6-8-18(9-7-17)11-19-13-10-12(16)3-4-14(13)21-15(19)20/h1,3-4,10H,5-9,11H2. The van der Waals surface area contributed by atoms with Crippen LogP contribution in [0.15, 0.2) is 27.4 Å². The summed E-state index contributed by atoms with van der Waals surface area (Å²) in [5.41, 5.74) is 1.30. The van der Waals surface area contributed by atoms with Crippen LogP contribution in [-0.4, -0.2) is 47.1 Å². The van der Waals surface area contributed by atoms with Gasteiger partial charge in [-0.2, -0.15) is 0 Å². The minimum Gasteiger partial charge on any atom is -0.408 e. The molecule has 3 rings (SSSR count). The smallest absolute Gasteiger partial charge is 0.408 e. The maximum atomic E-state index is 12.0. The molecule has 0 N–H and O–H groups in total. The molecule has 1 aliphatic rings. The van der Waals surface area contributed by atoms with Gasteiger partial charge in [-0.25, -0.2) is 4.79 Å². The Morgan fingerprint density at radius 2 is 1.95 bits per heavy atom. The van der Waals surface area contributed by atoms with Crippen molar-refractivity contribution in [2.24, 2.45) is 0 Å². The fourth-order valence-electron chi connectivity index (χ4n) is 2.59. The zero-order valence-corrected chi connectivity index (χ0v) is 12.3. The SMILES string of the molecule is C#CCN1CCN(Cn2c(=O)oc3ccc(Cl)cc32)CC1. The largest absolute Gasteiger partial charge is 0.421 e. The number of hydrogen-bond acceptors (Lipinski definition) is 4. The second-order valence-corrected chi connectivity index (χ2v) is 5.58. The van der Waals surface area contributed by atoms with Crippen LogP contribution in [0, 0.1) is 12.3 Å². The first kappa shape index (κ1) is 14.2. The second kappa shape index (κ2) is 5.94. The Morgan fingerprint density at radius 1 is 1.24 bits per heavy atom. The zero-order chi connectivity index (χ0) is 14.8. The Balaban J connectivity index is 1.77. The summed E-state index contributed by atoms with van der Waals surface area (Å²) in [5.74, 6) is 2.31. The molecule has 1 aliphatic heterocycles. The van der Waals surface area contributed by atoms with Crippen LogP contribution in [0.3, 0.4) is 0 Å². The van der Waals surface area contributed by atoms with E-state index in [1.807, 2.05) is 0 Å². The molecule has 21 heavy (non-hydrogen) atoms. The van der Waals surface area contributed by atoms with Gasteiger partial charge in [0.1, 0.15) is 0 Å². The molecule has 0 amide bonds. The molecule has 0 unspecified atom stereocenters. The molecular formula is C15H16ClN3O2. The van der Waals surface area contributed by atoms with E-state index < -0.39 is 0 Å². The topological polar surface area (TPSA) is 41.6 Å². The number of terminal acetylenes is 1. The Morgan fingerprint density at radius 3 is 2.67 bits per heavy atom. The van der Waals surface area contributed by atoms with Crippen molar-refractivity contribution in [2.75, 3.05) is 32.7 Å². The number of oxazole rings is 1. The van der Waals surface area contributed by atoms with Gasteiger partial charge in [-0.3, -0.25) is 14.4 Å². The van der Waals surface area contributed by atoms with E-state index in [1.54, 1.807) is 22.8 Å². The van der Waals surface area contributed by atoms with Gasteiger partial charge in [0.2, 0.25) is 0 Å². The summed E-state index contributed by atoms with van der Waals surface area (Å²) in [4.78, 5) is 16.4. The molecule has 5 nitrogen and oxygen atoms in total. The van der Waals surface area contributed by atoms with Gasteiger partial charge in [-0.1, -0.05) is 17.5 Å². The number of rotatable bonds is 3. The molecule has 0 aliphatic carbocycles. The lowest BCUT2D eigenvalue weighted by molar-refractivity contribution is 0.115. The van der Waals surface area contributed by atoms with E-state index in [0.29, 0.717) is 23.8 Å². The molecule has 0 radical (unpaired) electrons. The van der Waals surface area contributed by atoms with E-state index in [2.05, 4.69) is 15.7 Å². The number of nitrogens with zero attached hydrogens (tertiary/aromatic N) is 3. The summed E-state index contributed by atoms with van der Waals surface area (Å²) in [5, 5.41) is 0.593. The first-order chi connectivity index (χ1) is 10.2. The average Bonchev–Trinajstić information content (AvgIpc) is 2.77. The van der Waals surface area contributed by atoms with Crippen molar-refractivity contribution in [1.82, 2.24) is 14.4 Å². The fourth-order valence-corrected chi connectivity index (χ4v) is 2.75. The van der Waals surface area contributed by atoms with E-state index in [-0.39, 0.29) is 5.76 Å². The van der Waals surface area contributed by atoms with E-state index in [9.17, 15) is 4.79 Å². The maximum Gasteiger partial charge on any atom is 0.421 e. The summed E-state index contributed by atoms with van der Waals surface area (Å²) < 4.78 is 6.86. The van der Waals surface area contributed by atoms with Crippen molar-refractivity contribution in [3.8, 4) is 12.3 Å². The number of aromatic nitrogens is 1. The van der Waals surface area contributed by atoms with Gasteiger partial charge in [-0.15, -0.1) is 6.42 Å². The van der Waals surface area contributed by atoms with E-state index in [4.69, 9.17) is 22.4 Å². The molecule has 0 saturated carbocycles. The van der Waals surface area contributed by atoms with E-state index in [1.165, 1.54) is 0 Å². The van der Waals surface area contributed by atoms with Crippen molar-refractivity contribution in [3.63, 3.8) is 0 Å². The first-order valence-corrected chi connectivity index (χ1v) is 7.22. The Labute approximate surface area is 127 Å². The third kappa shape index (κ3) is 2.98. The van der Waals surface area contributed by atoms with E-state index in [0.717, 1.165) is 31.7 Å². The molecule has 6 heteroatoms. The van der Waals surface area contributed by atoms with Gasteiger partial charge >= 0.3 is 5.76 Å². The number of hydrogen-bond donors (Lipinski definition) is 0. The molecule has 2 aromatic rings. The summed E-state index contributed by atoms with van der Waals surface area (Å²) in [6, 6.07) is 5.20. The molecule has 0 bridgehead atoms. The molecule has 1 saturated heterocycles. The summed E-state index contributed by atoms with van der Waals surface area (Å²) >= 11 is 6.00. The molecule has 1 fully saturated rings. The summed E-state index contributed by atoms with van der Waals surface area (Å²) in [7, 11) is 0. The summed E-state index contributed by atoms with van der Waals surface area (Å²) in [6.45, 7) is 4.77. The average molecular weight is 306 g/mol. The number of fused-ring (bicyclic) bond motifs is 1. The van der Waals surface area contributed by atoms with E-state index >= 15 is 0 Å². The number of piperazine rings is 1. The Kier molecular flexibility index (Phi) is 4.02. The first-order valence-electron chi connectivity index (χ1n) is 6.84. The van der Waals surface area contributed by atoms with Crippen molar-refractivity contribution in [3.05, 3.63) is 33.8 Å². The highest BCUT2D eigenvalue weighted by Gasteiger charge is 2.18. The van der Waals surface area contributed by atoms with Crippen LogP contribution in [0.4, 0.5) is 0 Å². The van der Waals surface area contributed by atoms with Crippen LogP contribution in [-0.2, 0) is 6.67 Å². The molecule has 0 spiro atoms. The molecule has 110 valence electrons. The quantitative estimate of drug-likeness (QED) is 0.805. The van der Waals surface area contributed by atoms with Crippen molar-refractivity contribution >= 4 is 22.7 Å². The van der Waals surface area contributed by atoms with Gasteiger partial charge in [0, 0.05) is 31.2 Å². The fraction of sp³-hybridized carbons (Fsp3) is 0.400. The monoisotopic (exact) mass is 305 g/mol. The predicted molar refractivity (Wildman–Crippen MR) is 82.3 cm³/mol. The highest BCUT2D eigenvalue weighted by atomic mass is 35.5. The lowest BCUT2D eigenvalue weighted by Crippen LogP contribution is -2.47. The van der Waals surface area contributed by atoms with Crippen LogP contribution >= 0.6 is 11.6 Å². The van der Waals surface area contributed by atoms with Crippen LogP contribution in [0.25, 0.3) is 11.1 Å². The normalized spacial score (nSPS) is 17.1. The minimum absolute atomic E-state index is 0.349. The third-order valence-corrected chi connectivity index (χ3v) is 3.99. The maximum absolute atomic E-state index is 12.0. The van der Waals surface area contributed by atoms with Gasteiger partial charge < -0.3 is 4.42 Å². The molecule has 2 heterocycles. The predicted octanol–water partition coefficient (Wildman–Crippen LogP) is 1.46. The lowest BCUT2D eigenvalue weighted by atomic mass is 10.3. The van der Waals surface area contributed by atoms with Gasteiger partial charge in [0.15, 0.2) is 5.58 Å². The van der Waals surface area contributed by atoms with Gasteiger partial charge in [0.25, 0.3) is 0 Å². The Hall–Kier alpha value is -1.74. The highest BCUT2D eigenvalue weighted by molar-refractivity contribution is 6.31.